The lowest BCUT2D eigenvalue weighted by Gasteiger charge is -2.05. The summed E-state index contributed by atoms with van der Waals surface area (Å²) >= 11 is 10.8. The van der Waals surface area contributed by atoms with Crippen LogP contribution >= 0.6 is 38.9 Å². The number of hydrogen-bond donors (Lipinski definition) is 1. The minimum Gasteiger partial charge on any atom is -0.477 e. The predicted molar refractivity (Wildman–Crippen MR) is 101 cm³/mol. The SMILES string of the molecule is O=C(O)c1cc2c(Br)cccc2n1Cc1cc(-c2ccc(Cl)s2)on1. The smallest absolute Gasteiger partial charge is 0.352 e. The van der Waals surface area contributed by atoms with Gasteiger partial charge in [-0.2, -0.15) is 0 Å². The Morgan fingerprint density at radius 3 is 2.88 bits per heavy atom. The van der Waals surface area contributed by atoms with Crippen molar-refractivity contribution >= 4 is 55.7 Å². The van der Waals surface area contributed by atoms with Crippen LogP contribution in [0, 0.1) is 0 Å². The van der Waals surface area contributed by atoms with Crippen LogP contribution in [-0.2, 0) is 6.54 Å². The molecule has 0 saturated carbocycles. The van der Waals surface area contributed by atoms with Crippen LogP contribution in [0.3, 0.4) is 0 Å². The molecule has 0 atom stereocenters. The second-order valence-corrected chi connectivity index (χ2v) is 7.95. The molecule has 1 aromatic carbocycles. The molecule has 3 heterocycles. The van der Waals surface area contributed by atoms with Crippen molar-refractivity contribution < 1.29 is 14.4 Å². The number of rotatable bonds is 4. The molecule has 126 valence electrons. The van der Waals surface area contributed by atoms with Gasteiger partial charge in [-0.15, -0.1) is 11.3 Å². The van der Waals surface area contributed by atoms with E-state index in [2.05, 4.69) is 21.1 Å². The van der Waals surface area contributed by atoms with Crippen molar-refractivity contribution in [3.63, 3.8) is 0 Å². The van der Waals surface area contributed by atoms with Gasteiger partial charge in [0.2, 0.25) is 0 Å². The molecule has 0 radical (unpaired) electrons. The van der Waals surface area contributed by atoms with Gasteiger partial charge in [0.1, 0.15) is 11.4 Å². The molecular formula is C17H10BrClN2O3S. The van der Waals surface area contributed by atoms with E-state index in [1.54, 1.807) is 22.8 Å². The minimum atomic E-state index is -0.989. The first-order valence-electron chi connectivity index (χ1n) is 7.25. The average Bonchev–Trinajstić information content (AvgIpc) is 3.27. The topological polar surface area (TPSA) is 68.3 Å². The molecule has 0 bridgehead atoms. The van der Waals surface area contributed by atoms with Crippen molar-refractivity contribution in [1.29, 1.82) is 0 Å². The van der Waals surface area contributed by atoms with E-state index in [0.29, 0.717) is 22.3 Å². The van der Waals surface area contributed by atoms with Gasteiger partial charge >= 0.3 is 5.97 Å². The van der Waals surface area contributed by atoms with Crippen LogP contribution in [0.5, 0.6) is 0 Å². The van der Waals surface area contributed by atoms with E-state index in [1.165, 1.54) is 11.3 Å². The molecule has 0 unspecified atom stereocenters. The second kappa shape index (κ2) is 6.33. The Balaban J connectivity index is 1.76. The summed E-state index contributed by atoms with van der Waals surface area (Å²) in [7, 11) is 0. The minimum absolute atomic E-state index is 0.200. The fourth-order valence-electron chi connectivity index (χ4n) is 2.71. The summed E-state index contributed by atoms with van der Waals surface area (Å²) < 4.78 is 8.61. The largest absolute Gasteiger partial charge is 0.477 e. The summed E-state index contributed by atoms with van der Waals surface area (Å²) in [5, 5.41) is 14.4. The van der Waals surface area contributed by atoms with Gasteiger partial charge in [0.25, 0.3) is 0 Å². The number of carboxylic acid groups (broad SMARTS) is 1. The summed E-state index contributed by atoms with van der Waals surface area (Å²) in [4.78, 5) is 12.5. The molecule has 4 rings (SSSR count). The molecule has 25 heavy (non-hydrogen) atoms. The number of fused-ring (bicyclic) bond motifs is 1. The van der Waals surface area contributed by atoms with Gasteiger partial charge in [0, 0.05) is 15.9 Å². The van der Waals surface area contributed by atoms with Gasteiger partial charge in [-0.25, -0.2) is 4.79 Å². The van der Waals surface area contributed by atoms with Crippen molar-refractivity contribution in [2.45, 2.75) is 6.54 Å². The van der Waals surface area contributed by atoms with Crippen LogP contribution in [0.2, 0.25) is 4.34 Å². The number of carboxylic acids is 1. The van der Waals surface area contributed by atoms with Gasteiger partial charge in [-0.1, -0.05) is 38.8 Å². The lowest BCUT2D eigenvalue weighted by Crippen LogP contribution is -2.09. The van der Waals surface area contributed by atoms with Gasteiger partial charge in [0.15, 0.2) is 5.76 Å². The molecule has 3 aromatic heterocycles. The maximum absolute atomic E-state index is 11.6. The fourth-order valence-corrected chi connectivity index (χ4v) is 4.17. The van der Waals surface area contributed by atoms with E-state index in [-0.39, 0.29) is 5.69 Å². The highest BCUT2D eigenvalue weighted by Crippen LogP contribution is 2.32. The van der Waals surface area contributed by atoms with Crippen LogP contribution < -0.4 is 0 Å². The van der Waals surface area contributed by atoms with Gasteiger partial charge < -0.3 is 14.2 Å². The standard InChI is InChI=1S/C17H10BrClN2O3S/c18-11-2-1-3-12-10(11)7-13(17(22)23)21(12)8-9-6-14(24-20-9)15-4-5-16(19)25-15/h1-7H,8H2,(H,22,23). The first-order valence-corrected chi connectivity index (χ1v) is 9.24. The second-order valence-electron chi connectivity index (χ2n) is 5.38. The van der Waals surface area contributed by atoms with Crippen molar-refractivity contribution in [2.24, 2.45) is 0 Å². The van der Waals surface area contributed by atoms with Crippen LogP contribution in [0.25, 0.3) is 21.5 Å². The van der Waals surface area contributed by atoms with E-state index in [4.69, 9.17) is 16.1 Å². The van der Waals surface area contributed by atoms with Crippen molar-refractivity contribution in [1.82, 2.24) is 9.72 Å². The number of aromatic nitrogens is 2. The third-order valence-electron chi connectivity index (χ3n) is 3.81. The Labute approximate surface area is 159 Å². The number of halogens is 2. The predicted octanol–water partition coefficient (Wildman–Crippen LogP) is 5.52. The summed E-state index contributed by atoms with van der Waals surface area (Å²) in [6, 6.07) is 12.8. The third kappa shape index (κ3) is 2.99. The lowest BCUT2D eigenvalue weighted by molar-refractivity contribution is 0.0686. The number of aromatic carboxylic acids is 1. The Morgan fingerprint density at radius 1 is 1.32 bits per heavy atom. The number of nitrogens with zero attached hydrogens (tertiary/aromatic N) is 2. The summed E-state index contributed by atoms with van der Waals surface area (Å²) in [6.07, 6.45) is 0. The molecule has 0 fully saturated rings. The van der Waals surface area contributed by atoms with Crippen LogP contribution in [0.15, 0.2) is 51.5 Å². The highest BCUT2D eigenvalue weighted by Gasteiger charge is 2.18. The van der Waals surface area contributed by atoms with Gasteiger partial charge in [0.05, 0.1) is 21.3 Å². The van der Waals surface area contributed by atoms with Gasteiger partial charge in [-0.3, -0.25) is 0 Å². The van der Waals surface area contributed by atoms with Crippen molar-refractivity contribution in [3.8, 4) is 10.6 Å². The lowest BCUT2D eigenvalue weighted by atomic mass is 10.2. The zero-order valence-electron chi connectivity index (χ0n) is 12.6. The maximum Gasteiger partial charge on any atom is 0.352 e. The summed E-state index contributed by atoms with van der Waals surface area (Å²) in [5.41, 5.74) is 1.65. The molecule has 0 aliphatic rings. The molecule has 0 aliphatic heterocycles. The molecule has 4 aromatic rings. The number of thiophene rings is 1. The quantitative estimate of drug-likeness (QED) is 0.456. The zero-order chi connectivity index (χ0) is 17.6. The normalized spacial score (nSPS) is 11.3. The highest BCUT2D eigenvalue weighted by molar-refractivity contribution is 9.10. The van der Waals surface area contributed by atoms with E-state index in [1.807, 2.05) is 24.3 Å². The van der Waals surface area contributed by atoms with E-state index < -0.39 is 5.97 Å². The molecule has 1 N–H and O–H groups in total. The highest BCUT2D eigenvalue weighted by atomic mass is 79.9. The van der Waals surface area contributed by atoms with E-state index in [0.717, 1.165) is 20.3 Å². The zero-order valence-corrected chi connectivity index (χ0v) is 15.7. The first-order chi connectivity index (χ1) is 12.0. The van der Waals surface area contributed by atoms with Crippen molar-refractivity contribution in [3.05, 3.63) is 62.7 Å². The van der Waals surface area contributed by atoms with E-state index >= 15 is 0 Å². The molecule has 5 nitrogen and oxygen atoms in total. The first kappa shape index (κ1) is 16.4. The van der Waals surface area contributed by atoms with Crippen LogP contribution in [0.4, 0.5) is 0 Å². The monoisotopic (exact) mass is 436 g/mol. The van der Waals surface area contributed by atoms with Crippen LogP contribution in [-0.4, -0.2) is 20.8 Å². The average molecular weight is 438 g/mol. The number of hydrogen-bond acceptors (Lipinski definition) is 4. The Bertz CT molecular complexity index is 1100. The van der Waals surface area contributed by atoms with Crippen LogP contribution in [0.1, 0.15) is 16.2 Å². The third-order valence-corrected chi connectivity index (χ3v) is 5.74. The molecule has 0 aliphatic carbocycles. The Hall–Kier alpha value is -2.09. The van der Waals surface area contributed by atoms with Crippen molar-refractivity contribution in [2.75, 3.05) is 0 Å². The molecular weight excluding hydrogens is 428 g/mol. The summed E-state index contributed by atoms with van der Waals surface area (Å²) in [5.74, 6) is -0.377. The maximum atomic E-state index is 11.6. The molecule has 0 amide bonds. The van der Waals surface area contributed by atoms with E-state index in [9.17, 15) is 9.90 Å². The Morgan fingerprint density at radius 2 is 2.16 bits per heavy atom. The van der Waals surface area contributed by atoms with Gasteiger partial charge in [-0.05, 0) is 30.3 Å². The number of carbonyl (C=O) groups is 1. The Kier molecular flexibility index (Phi) is 4.15. The molecule has 0 saturated heterocycles. The molecule has 0 spiro atoms. The summed E-state index contributed by atoms with van der Waals surface area (Å²) in [6.45, 7) is 0.296. The fraction of sp³-hybridized carbons (Fsp3) is 0.0588. The molecule has 8 heteroatoms. The number of benzene rings is 1.